The molecular formula is C64H63O33S7-7. The second kappa shape index (κ2) is 46.2. The molecule has 0 heterocycles. The maximum atomic E-state index is 11.0. The number of hydrogen-bond acceptors (Lipinski definition) is 25. The summed E-state index contributed by atoms with van der Waals surface area (Å²) in [7, 11) is 1.31. The molecule has 7 atom stereocenters. The van der Waals surface area contributed by atoms with Crippen LogP contribution in [0.1, 0.15) is 110 Å². The number of aromatic carboxylic acids is 4. The Morgan fingerprint density at radius 2 is 0.846 bits per heavy atom. The summed E-state index contributed by atoms with van der Waals surface area (Å²) >= 11 is -16.5. The summed E-state index contributed by atoms with van der Waals surface area (Å²) < 4.78 is 164. The summed E-state index contributed by atoms with van der Waals surface area (Å²) in [6.07, 6.45) is 0.944. The lowest BCUT2D eigenvalue weighted by molar-refractivity contribution is -0.148. The van der Waals surface area contributed by atoms with Crippen LogP contribution in [0.3, 0.4) is 0 Å². The van der Waals surface area contributed by atoms with Gasteiger partial charge in [-0.3, -0.25) is 43.8 Å². The van der Waals surface area contributed by atoms with Crippen LogP contribution < -0.4 is 14.2 Å². The third-order valence-corrected chi connectivity index (χ3v) is 17.4. The molecular weight excluding hydrogens is 1520 g/mol. The first kappa shape index (κ1) is 92.5. The minimum atomic E-state index is -2.56. The zero-order chi connectivity index (χ0) is 79.5. The Morgan fingerprint density at radius 1 is 0.423 bits per heavy atom. The van der Waals surface area contributed by atoms with Crippen molar-refractivity contribution in [1.82, 2.24) is 0 Å². The summed E-state index contributed by atoms with van der Waals surface area (Å²) in [6, 6.07) is 32.8. The fourth-order valence-corrected chi connectivity index (χ4v) is 10.5. The molecule has 0 aliphatic heterocycles. The van der Waals surface area contributed by atoms with Gasteiger partial charge >= 0.3 is 47.8 Å². The lowest BCUT2D eigenvalue weighted by Crippen LogP contribution is -2.30. The lowest BCUT2D eigenvalue weighted by atomic mass is 9.95. The topological polar surface area (TPSA) is 607 Å². The second-order valence-electron chi connectivity index (χ2n) is 21.0. The predicted molar refractivity (Wildman–Crippen MR) is 361 cm³/mol. The van der Waals surface area contributed by atoms with Crippen molar-refractivity contribution in [3.05, 3.63) is 190 Å². The van der Waals surface area contributed by atoms with Crippen LogP contribution in [-0.4, -0.2) is 170 Å². The molecule has 0 aliphatic rings. The number of ether oxygens (including phenoxy) is 3. The number of carbonyl (C=O) groups is 8. The van der Waals surface area contributed by atoms with Gasteiger partial charge in [-0.05, 0) is 249 Å². The Labute approximate surface area is 609 Å². The van der Waals surface area contributed by atoms with Crippen molar-refractivity contribution in [3.8, 4) is 17.2 Å². The molecule has 40 heteroatoms. The average Bonchev–Trinajstić information content (AvgIpc) is 0.895. The zero-order valence-electron chi connectivity index (χ0n) is 54.8. The molecule has 104 heavy (non-hydrogen) atoms. The highest BCUT2D eigenvalue weighted by Gasteiger charge is 2.28. The van der Waals surface area contributed by atoms with E-state index in [1.165, 1.54) is 92.0 Å². The van der Waals surface area contributed by atoms with Crippen molar-refractivity contribution >= 4 is 125 Å². The van der Waals surface area contributed by atoms with E-state index < -0.39 is 143 Å². The second-order valence-corrected chi connectivity index (χ2v) is 27.5. The van der Waals surface area contributed by atoms with Crippen LogP contribution in [0.4, 0.5) is 0 Å². The summed E-state index contributed by atoms with van der Waals surface area (Å²) in [5.41, 5.74) is 1.41. The zero-order valence-corrected chi connectivity index (χ0v) is 60.5. The SMILES string of the molecule is CC(C)(COc1ccc(S(=O)[O-])cc1)C(=O)O.CC(C)c1cc(CCC(=O)O)ccc1S(=O)[O-].COc1ccc(C(=O)O)cc1S(=O)[O-].Cc1ccc(C(=O)O)cc1S(=O)[O-].O=C(O)CCc1ccc(S(=O)[O-])cc1.O=C(O)COc1ccc(S(=O)[O-])cc1C(=O)O.O=C(O)c1cccc(S(=O)[O-])c1. The highest BCUT2D eigenvalue weighted by molar-refractivity contribution is 7.80. The van der Waals surface area contributed by atoms with E-state index in [0.29, 0.717) is 29.1 Å². The molecule has 0 spiro atoms. The number of rotatable bonds is 26. The van der Waals surface area contributed by atoms with E-state index in [9.17, 15) is 99.7 Å². The Morgan fingerprint density at radius 3 is 1.27 bits per heavy atom. The molecule has 0 fully saturated rings. The molecule has 566 valence electrons. The van der Waals surface area contributed by atoms with Gasteiger partial charge < -0.3 is 86.9 Å². The van der Waals surface area contributed by atoms with Gasteiger partial charge in [0.1, 0.15) is 29.4 Å². The minimum Gasteiger partial charge on any atom is -0.768 e. The lowest BCUT2D eigenvalue weighted by Gasteiger charge is -2.19. The Hall–Kier alpha value is -9.53. The van der Waals surface area contributed by atoms with Gasteiger partial charge in [-0.1, -0.05) is 50.2 Å². The average molecular weight is 1580 g/mol. The van der Waals surface area contributed by atoms with Crippen LogP contribution in [0.2, 0.25) is 0 Å². The van der Waals surface area contributed by atoms with E-state index in [4.69, 9.17) is 55.1 Å². The molecule has 0 saturated heterocycles. The monoisotopic (exact) mass is 1580 g/mol. The number of carboxylic acids is 8. The van der Waals surface area contributed by atoms with Gasteiger partial charge in [-0.15, -0.1) is 0 Å². The summed E-state index contributed by atoms with van der Waals surface area (Å²) in [6.45, 7) is 7.84. The molecule has 0 aliphatic carbocycles. The van der Waals surface area contributed by atoms with Gasteiger partial charge in [0.15, 0.2) is 6.61 Å². The summed E-state index contributed by atoms with van der Waals surface area (Å²) in [5, 5.41) is 68.8. The molecule has 7 aromatic rings. The van der Waals surface area contributed by atoms with Crippen molar-refractivity contribution in [2.45, 2.75) is 100 Å². The third kappa shape index (κ3) is 34.6. The molecule has 33 nitrogen and oxygen atoms in total. The van der Waals surface area contributed by atoms with Crippen molar-refractivity contribution in [1.29, 1.82) is 0 Å². The van der Waals surface area contributed by atoms with Crippen molar-refractivity contribution in [2.24, 2.45) is 5.41 Å². The first-order chi connectivity index (χ1) is 48.4. The van der Waals surface area contributed by atoms with Crippen LogP contribution in [0, 0.1) is 12.3 Å². The van der Waals surface area contributed by atoms with Crippen molar-refractivity contribution in [3.63, 3.8) is 0 Å². The van der Waals surface area contributed by atoms with E-state index in [1.807, 2.05) is 13.8 Å². The maximum Gasteiger partial charge on any atom is 0.341 e. The number of benzene rings is 7. The maximum absolute atomic E-state index is 11.0. The summed E-state index contributed by atoms with van der Waals surface area (Å²) in [5.74, 6) is -8.33. The van der Waals surface area contributed by atoms with E-state index >= 15 is 0 Å². The van der Waals surface area contributed by atoms with Gasteiger partial charge in [-0.25, -0.2) is 24.0 Å². The highest BCUT2D eigenvalue weighted by atomic mass is 32.2. The van der Waals surface area contributed by atoms with Crippen LogP contribution in [0.25, 0.3) is 0 Å². The molecule has 0 amide bonds. The molecule has 0 radical (unpaired) electrons. The van der Waals surface area contributed by atoms with E-state index in [-0.39, 0.29) is 82.9 Å². The number of aryl methyl sites for hydroxylation is 3. The largest absolute Gasteiger partial charge is 0.768 e. The van der Waals surface area contributed by atoms with Crippen LogP contribution in [0.15, 0.2) is 180 Å². The van der Waals surface area contributed by atoms with E-state index in [2.05, 4.69) is 0 Å². The summed E-state index contributed by atoms with van der Waals surface area (Å²) in [4.78, 5) is 84.3. The predicted octanol–water partition coefficient (Wildman–Crippen LogP) is 6.69. The number of methoxy groups -OCH3 is 1. The molecule has 7 unspecified atom stereocenters. The van der Waals surface area contributed by atoms with Gasteiger partial charge in [0.25, 0.3) is 0 Å². The van der Waals surface area contributed by atoms with Gasteiger partial charge in [0, 0.05) is 42.2 Å². The minimum absolute atomic E-state index is 0.0160. The third-order valence-electron chi connectivity index (χ3n) is 12.6. The Balaban J connectivity index is 0.000000609. The van der Waals surface area contributed by atoms with Crippen molar-refractivity contribution in [2.75, 3.05) is 20.3 Å². The molecule has 7 aromatic carbocycles. The fraction of sp³-hybridized carbons (Fsp3) is 0.219. The smallest absolute Gasteiger partial charge is 0.341 e. The molecule has 0 saturated carbocycles. The number of aliphatic carboxylic acids is 4. The fourth-order valence-electron chi connectivity index (χ4n) is 7.23. The van der Waals surface area contributed by atoms with Gasteiger partial charge in [0.2, 0.25) is 0 Å². The Bertz CT molecular complexity index is 4280. The van der Waals surface area contributed by atoms with Crippen LogP contribution in [0.5, 0.6) is 17.2 Å². The number of hydrogen-bond donors (Lipinski definition) is 8. The number of carboxylic acid groups (broad SMARTS) is 8. The van der Waals surface area contributed by atoms with Crippen LogP contribution in [-0.2, 0) is 110 Å². The molecule has 0 bridgehead atoms. The molecule has 7 rings (SSSR count). The van der Waals surface area contributed by atoms with Crippen molar-refractivity contribution < 1.29 is 155 Å². The van der Waals surface area contributed by atoms with Gasteiger partial charge in [-0.2, -0.15) is 0 Å². The Kier molecular flexibility index (Phi) is 41.1. The standard InChI is InChI=1S/C12H16O4S.C11H14O5S.C9H8O7S.C9H10O4S.C8H8O5S.C8H8O4S.C7H6O4S/c1-8(2)10-7-9(4-6-12(13)14)3-5-11(10)17(15)16;1-11(2,10(12)13)7-16-8-3-5-9(6-4-8)17(14)15;10-8(11)4-16-7-2-1-5(17(14)15)3-6(7)9(12)13;10-9(11)6-3-7-1-4-8(5-2-7)14(12)13;1-13-6-3-2-5(8(9)10)4-7(6)14(11)12;1-5-2-3-6(8(9)10)4-7(5)13(11)12;8-7(9)5-2-1-3-6(4-5)12(10)11/h3,5,7-8H,4,6H2,1-2H3,(H,13,14)(H,15,16);3-6H,7H2,1-2H3,(H,12,13)(H,14,15);1-3H,4H2,(H,10,11)(H,12,13)(H,14,15);1-2,4-5H,3,6H2,(H,10,11)(H,12,13);2-4H,1H3,(H,9,10)(H,11,12);2-4H,1H3,(H,9,10)(H,11,12);1-4H,(H,8,9)(H,10,11)/p-7. The first-order valence-corrected chi connectivity index (χ1v) is 36.0. The molecule has 8 N–H and O–H groups in total. The van der Waals surface area contributed by atoms with Crippen LogP contribution >= 0.6 is 0 Å². The normalized spacial score (nSPS) is 12.4. The highest BCUT2D eigenvalue weighted by Crippen LogP contribution is 2.27. The van der Waals surface area contributed by atoms with Gasteiger partial charge in [0.05, 0.1) is 34.1 Å². The quantitative estimate of drug-likeness (QED) is 0.0262. The molecule has 0 aromatic heterocycles. The first-order valence-electron chi connectivity index (χ1n) is 28.5. The van der Waals surface area contributed by atoms with E-state index in [0.717, 1.165) is 53.1 Å². The van der Waals surface area contributed by atoms with E-state index in [1.54, 1.807) is 45.0 Å².